The van der Waals surface area contributed by atoms with Crippen LogP contribution in [0.5, 0.6) is 0 Å². The average molecular weight is 356 g/mol. The second kappa shape index (κ2) is 6.53. The van der Waals surface area contributed by atoms with Crippen molar-refractivity contribution >= 4 is 29.1 Å². The molecule has 0 spiro atoms. The first-order chi connectivity index (χ1) is 13.1. The lowest BCUT2D eigenvalue weighted by molar-refractivity contribution is 0.0926. The van der Waals surface area contributed by atoms with Gasteiger partial charge >= 0.3 is 0 Å². The smallest absolute Gasteiger partial charge is 0.268 e. The summed E-state index contributed by atoms with van der Waals surface area (Å²) in [5.74, 6) is -1.17. The van der Waals surface area contributed by atoms with Crippen LogP contribution < -0.4 is 10.2 Å². The van der Waals surface area contributed by atoms with Crippen LogP contribution >= 0.6 is 0 Å². The van der Waals surface area contributed by atoms with E-state index >= 15 is 0 Å². The molecule has 4 rings (SSSR count). The molecule has 3 aromatic rings. The first-order valence-corrected chi connectivity index (χ1v) is 8.51. The van der Waals surface area contributed by atoms with Crippen LogP contribution in [0.15, 0.2) is 72.8 Å². The number of rotatable bonds is 3. The zero-order valence-corrected chi connectivity index (χ0v) is 14.6. The number of amides is 3. The maximum absolute atomic E-state index is 12.9. The normalized spacial score (nSPS) is 12.9. The maximum atomic E-state index is 12.9. The number of nitrogens with zero attached hydrogens (tertiary/aromatic N) is 1. The standard InChI is InChI=1S/C22H16N2O3/c1-14-10-12-15(13-11-14)20(25)23-18-9-5-8-17-19(18)22(27)24(21(17)26)16-6-3-2-4-7-16/h2-13H,1H3,(H,23,25). The first kappa shape index (κ1) is 16.7. The van der Waals surface area contributed by atoms with Crippen molar-refractivity contribution in [2.24, 2.45) is 0 Å². The summed E-state index contributed by atoms with van der Waals surface area (Å²) in [5.41, 5.74) is 2.85. The molecule has 0 aliphatic carbocycles. The molecule has 27 heavy (non-hydrogen) atoms. The number of hydrogen-bond donors (Lipinski definition) is 1. The van der Waals surface area contributed by atoms with Crippen LogP contribution in [0.1, 0.15) is 36.6 Å². The summed E-state index contributed by atoms with van der Waals surface area (Å²) < 4.78 is 0. The van der Waals surface area contributed by atoms with E-state index in [0.717, 1.165) is 10.5 Å². The lowest BCUT2D eigenvalue weighted by atomic mass is 10.1. The van der Waals surface area contributed by atoms with Gasteiger partial charge in [-0.2, -0.15) is 0 Å². The highest BCUT2D eigenvalue weighted by atomic mass is 16.2. The second-order valence-corrected chi connectivity index (χ2v) is 6.33. The van der Waals surface area contributed by atoms with Crippen molar-refractivity contribution in [1.82, 2.24) is 0 Å². The van der Waals surface area contributed by atoms with Crippen LogP contribution in [0.4, 0.5) is 11.4 Å². The Hall–Kier alpha value is -3.73. The summed E-state index contributed by atoms with van der Waals surface area (Å²) in [5, 5.41) is 2.76. The number of anilines is 2. The molecule has 0 fully saturated rings. The molecular weight excluding hydrogens is 340 g/mol. The van der Waals surface area contributed by atoms with Gasteiger partial charge in [0, 0.05) is 5.56 Å². The Labute approximate surface area is 156 Å². The molecule has 1 heterocycles. The molecule has 0 unspecified atom stereocenters. The van der Waals surface area contributed by atoms with Crippen molar-refractivity contribution in [3.8, 4) is 0 Å². The van der Waals surface area contributed by atoms with Gasteiger partial charge in [0.25, 0.3) is 17.7 Å². The van der Waals surface area contributed by atoms with Crippen molar-refractivity contribution in [3.05, 3.63) is 95.1 Å². The van der Waals surface area contributed by atoms with E-state index in [1.165, 1.54) is 0 Å². The van der Waals surface area contributed by atoms with Gasteiger partial charge in [0.05, 0.1) is 22.5 Å². The summed E-state index contributed by atoms with van der Waals surface area (Å²) in [4.78, 5) is 39.4. The molecule has 0 saturated carbocycles. The lowest BCUT2D eigenvalue weighted by Crippen LogP contribution is -2.29. The number of fused-ring (bicyclic) bond motifs is 1. The highest BCUT2D eigenvalue weighted by Gasteiger charge is 2.38. The third kappa shape index (κ3) is 2.89. The van der Waals surface area contributed by atoms with Gasteiger partial charge < -0.3 is 5.32 Å². The predicted octanol–water partition coefficient (Wildman–Crippen LogP) is 4.05. The Morgan fingerprint density at radius 2 is 1.52 bits per heavy atom. The highest BCUT2D eigenvalue weighted by molar-refractivity contribution is 6.36. The fourth-order valence-corrected chi connectivity index (χ4v) is 3.10. The van der Waals surface area contributed by atoms with Crippen molar-refractivity contribution in [2.45, 2.75) is 6.92 Å². The molecule has 0 saturated heterocycles. The highest BCUT2D eigenvalue weighted by Crippen LogP contribution is 2.33. The number of imide groups is 1. The van der Waals surface area contributed by atoms with Crippen molar-refractivity contribution < 1.29 is 14.4 Å². The predicted molar refractivity (Wildman–Crippen MR) is 103 cm³/mol. The van der Waals surface area contributed by atoms with E-state index in [1.54, 1.807) is 54.6 Å². The van der Waals surface area contributed by atoms with E-state index in [9.17, 15) is 14.4 Å². The van der Waals surface area contributed by atoms with Crippen LogP contribution in [0.3, 0.4) is 0 Å². The summed E-state index contributed by atoms with van der Waals surface area (Å²) in [6.07, 6.45) is 0. The largest absolute Gasteiger partial charge is 0.321 e. The lowest BCUT2D eigenvalue weighted by Gasteiger charge is -2.13. The Morgan fingerprint density at radius 1 is 0.815 bits per heavy atom. The second-order valence-electron chi connectivity index (χ2n) is 6.33. The number of carbonyl (C=O) groups excluding carboxylic acids is 3. The van der Waals surface area contributed by atoms with E-state index < -0.39 is 11.8 Å². The van der Waals surface area contributed by atoms with E-state index in [0.29, 0.717) is 16.9 Å². The zero-order chi connectivity index (χ0) is 19.0. The Kier molecular flexibility index (Phi) is 4.05. The number of carbonyl (C=O) groups is 3. The number of benzene rings is 3. The number of nitrogens with one attached hydrogen (secondary N) is 1. The van der Waals surface area contributed by atoms with Crippen molar-refractivity contribution in [1.29, 1.82) is 0 Å². The van der Waals surface area contributed by atoms with E-state index in [4.69, 9.17) is 0 Å². The minimum Gasteiger partial charge on any atom is -0.321 e. The molecule has 0 radical (unpaired) electrons. The van der Waals surface area contributed by atoms with Gasteiger partial charge in [-0.05, 0) is 43.3 Å². The fourth-order valence-electron chi connectivity index (χ4n) is 3.10. The molecule has 1 aliphatic heterocycles. The Balaban J connectivity index is 1.69. The average Bonchev–Trinajstić information content (AvgIpc) is 2.94. The summed E-state index contributed by atoms with van der Waals surface area (Å²) in [6.45, 7) is 1.94. The molecule has 0 bridgehead atoms. The minimum absolute atomic E-state index is 0.215. The molecule has 3 aromatic carbocycles. The molecular formula is C22H16N2O3. The fraction of sp³-hybridized carbons (Fsp3) is 0.0455. The van der Waals surface area contributed by atoms with Crippen LogP contribution in [0.25, 0.3) is 0 Å². The molecule has 1 aliphatic rings. The zero-order valence-electron chi connectivity index (χ0n) is 14.6. The summed E-state index contributed by atoms with van der Waals surface area (Å²) in [6, 6.07) is 20.7. The van der Waals surface area contributed by atoms with Crippen LogP contribution in [-0.2, 0) is 0 Å². The van der Waals surface area contributed by atoms with E-state index in [1.807, 2.05) is 25.1 Å². The van der Waals surface area contributed by atoms with Crippen LogP contribution in [-0.4, -0.2) is 17.7 Å². The van der Waals surface area contributed by atoms with Crippen LogP contribution in [0, 0.1) is 6.92 Å². The SMILES string of the molecule is Cc1ccc(C(=O)Nc2cccc3c2C(=O)N(c2ccccc2)C3=O)cc1. The Bertz CT molecular complexity index is 1060. The monoisotopic (exact) mass is 356 g/mol. The summed E-state index contributed by atoms with van der Waals surface area (Å²) in [7, 11) is 0. The van der Waals surface area contributed by atoms with E-state index in [-0.39, 0.29) is 17.0 Å². The van der Waals surface area contributed by atoms with Crippen molar-refractivity contribution in [3.63, 3.8) is 0 Å². The number of aryl methyl sites for hydroxylation is 1. The molecule has 5 heteroatoms. The Morgan fingerprint density at radius 3 is 2.22 bits per heavy atom. The van der Waals surface area contributed by atoms with Gasteiger partial charge in [0.1, 0.15) is 0 Å². The first-order valence-electron chi connectivity index (χ1n) is 8.51. The minimum atomic E-state index is -0.444. The molecule has 0 aromatic heterocycles. The molecule has 3 amide bonds. The quantitative estimate of drug-likeness (QED) is 0.720. The van der Waals surface area contributed by atoms with Gasteiger partial charge in [-0.1, -0.05) is 42.0 Å². The van der Waals surface area contributed by atoms with Gasteiger partial charge in [-0.3, -0.25) is 14.4 Å². The topological polar surface area (TPSA) is 66.5 Å². The van der Waals surface area contributed by atoms with E-state index in [2.05, 4.69) is 5.32 Å². The molecule has 1 N–H and O–H groups in total. The molecule has 132 valence electrons. The van der Waals surface area contributed by atoms with Gasteiger partial charge in [0.2, 0.25) is 0 Å². The number of para-hydroxylation sites is 1. The molecule has 0 atom stereocenters. The molecule has 5 nitrogen and oxygen atoms in total. The van der Waals surface area contributed by atoms with Gasteiger partial charge in [0.15, 0.2) is 0 Å². The van der Waals surface area contributed by atoms with Gasteiger partial charge in [-0.15, -0.1) is 0 Å². The third-order valence-corrected chi connectivity index (χ3v) is 4.49. The summed E-state index contributed by atoms with van der Waals surface area (Å²) >= 11 is 0. The number of hydrogen-bond acceptors (Lipinski definition) is 3. The van der Waals surface area contributed by atoms with Gasteiger partial charge in [-0.25, -0.2) is 4.90 Å². The third-order valence-electron chi connectivity index (χ3n) is 4.49. The maximum Gasteiger partial charge on any atom is 0.268 e. The van der Waals surface area contributed by atoms with Crippen molar-refractivity contribution in [2.75, 3.05) is 10.2 Å². The van der Waals surface area contributed by atoms with Crippen LogP contribution in [0.2, 0.25) is 0 Å².